The third kappa shape index (κ3) is 2.96. The molecular weight excluding hydrogens is 272 g/mol. The van der Waals surface area contributed by atoms with Crippen molar-refractivity contribution in [3.8, 4) is 11.5 Å². The largest absolute Gasteiger partial charge is 0.454 e. The van der Waals surface area contributed by atoms with Crippen LogP contribution in [-0.2, 0) is 9.53 Å². The molecule has 1 aromatic carbocycles. The Morgan fingerprint density at radius 3 is 3.00 bits per heavy atom. The molecule has 1 saturated heterocycles. The average molecular weight is 292 g/mol. The summed E-state index contributed by atoms with van der Waals surface area (Å²) in [5.74, 6) is 1.48. The molecule has 6 nitrogen and oxygen atoms in total. The number of amides is 1. The van der Waals surface area contributed by atoms with E-state index in [0.29, 0.717) is 13.0 Å². The van der Waals surface area contributed by atoms with Gasteiger partial charge in [0.25, 0.3) is 0 Å². The molecule has 0 aromatic heterocycles. The topological polar surface area (TPSA) is 68.8 Å². The predicted octanol–water partition coefficient (Wildman–Crippen LogP) is 0.969. The molecule has 2 aliphatic rings. The first-order chi connectivity index (χ1) is 10.2. The molecule has 0 spiro atoms. The molecule has 114 valence electrons. The fourth-order valence-corrected chi connectivity index (χ4v) is 2.66. The standard InChI is InChI=1S/C15H20N2O4/c1-9(10-3-4-13-14(5-10)21-8-20-13)17-15(18)12-6-11(19-2)7-16-12/h3-5,9,11-12,16H,6-8H2,1-2H3,(H,17,18). The fourth-order valence-electron chi connectivity index (χ4n) is 2.66. The van der Waals surface area contributed by atoms with Crippen LogP contribution in [0.5, 0.6) is 11.5 Å². The second-order valence-electron chi connectivity index (χ2n) is 5.40. The lowest BCUT2D eigenvalue weighted by atomic mass is 10.1. The van der Waals surface area contributed by atoms with Crippen molar-refractivity contribution in [2.24, 2.45) is 0 Å². The zero-order chi connectivity index (χ0) is 14.8. The SMILES string of the molecule is COC1CNC(C(=O)NC(C)c2ccc3c(c2)OCO3)C1. The summed E-state index contributed by atoms with van der Waals surface area (Å²) < 4.78 is 15.9. The molecule has 2 aliphatic heterocycles. The van der Waals surface area contributed by atoms with Gasteiger partial charge in [-0.25, -0.2) is 0 Å². The van der Waals surface area contributed by atoms with Gasteiger partial charge in [-0.2, -0.15) is 0 Å². The highest BCUT2D eigenvalue weighted by Gasteiger charge is 2.30. The van der Waals surface area contributed by atoms with Crippen LogP contribution in [0.2, 0.25) is 0 Å². The molecule has 0 aliphatic carbocycles. The quantitative estimate of drug-likeness (QED) is 0.865. The second kappa shape index (κ2) is 5.91. The van der Waals surface area contributed by atoms with E-state index < -0.39 is 0 Å². The number of methoxy groups -OCH3 is 1. The Labute approximate surface area is 123 Å². The zero-order valence-corrected chi connectivity index (χ0v) is 12.2. The smallest absolute Gasteiger partial charge is 0.237 e. The van der Waals surface area contributed by atoms with E-state index in [-0.39, 0.29) is 30.9 Å². The second-order valence-corrected chi connectivity index (χ2v) is 5.40. The van der Waals surface area contributed by atoms with Crippen LogP contribution in [0.3, 0.4) is 0 Å². The number of ether oxygens (including phenoxy) is 3. The van der Waals surface area contributed by atoms with Crippen molar-refractivity contribution in [3.63, 3.8) is 0 Å². The summed E-state index contributed by atoms with van der Waals surface area (Å²) in [5.41, 5.74) is 0.994. The summed E-state index contributed by atoms with van der Waals surface area (Å²) in [7, 11) is 1.67. The van der Waals surface area contributed by atoms with E-state index in [0.717, 1.165) is 17.1 Å². The molecule has 3 atom stereocenters. The molecule has 0 bridgehead atoms. The van der Waals surface area contributed by atoms with Crippen molar-refractivity contribution < 1.29 is 19.0 Å². The van der Waals surface area contributed by atoms with Gasteiger partial charge >= 0.3 is 0 Å². The number of carbonyl (C=O) groups is 1. The average Bonchev–Trinajstić information content (AvgIpc) is 3.15. The monoisotopic (exact) mass is 292 g/mol. The van der Waals surface area contributed by atoms with Crippen LogP contribution in [0.15, 0.2) is 18.2 Å². The number of fused-ring (bicyclic) bond motifs is 1. The lowest BCUT2D eigenvalue weighted by molar-refractivity contribution is -0.123. The van der Waals surface area contributed by atoms with Crippen LogP contribution in [0.4, 0.5) is 0 Å². The van der Waals surface area contributed by atoms with Crippen molar-refractivity contribution in [1.82, 2.24) is 10.6 Å². The van der Waals surface area contributed by atoms with Crippen LogP contribution in [0.25, 0.3) is 0 Å². The summed E-state index contributed by atoms with van der Waals surface area (Å²) in [5, 5.41) is 6.19. The van der Waals surface area contributed by atoms with Crippen LogP contribution in [0.1, 0.15) is 24.9 Å². The van der Waals surface area contributed by atoms with Gasteiger partial charge < -0.3 is 24.8 Å². The summed E-state index contributed by atoms with van der Waals surface area (Å²) in [6, 6.07) is 5.45. The van der Waals surface area contributed by atoms with Gasteiger partial charge in [-0.15, -0.1) is 0 Å². The molecule has 0 radical (unpaired) electrons. The van der Waals surface area contributed by atoms with Crippen molar-refractivity contribution in [3.05, 3.63) is 23.8 Å². The van der Waals surface area contributed by atoms with Gasteiger partial charge in [0.05, 0.1) is 18.2 Å². The molecule has 1 fully saturated rings. The van der Waals surface area contributed by atoms with Gasteiger partial charge in [-0.1, -0.05) is 6.07 Å². The maximum atomic E-state index is 12.2. The highest BCUT2D eigenvalue weighted by atomic mass is 16.7. The van der Waals surface area contributed by atoms with E-state index >= 15 is 0 Å². The molecule has 0 saturated carbocycles. The molecule has 21 heavy (non-hydrogen) atoms. The molecule has 1 aromatic rings. The Morgan fingerprint density at radius 2 is 2.24 bits per heavy atom. The number of benzene rings is 1. The Morgan fingerprint density at radius 1 is 1.43 bits per heavy atom. The van der Waals surface area contributed by atoms with Crippen molar-refractivity contribution in [2.75, 3.05) is 20.4 Å². The van der Waals surface area contributed by atoms with Gasteiger partial charge in [0.2, 0.25) is 12.7 Å². The predicted molar refractivity (Wildman–Crippen MR) is 76.3 cm³/mol. The van der Waals surface area contributed by atoms with Crippen LogP contribution >= 0.6 is 0 Å². The number of hydrogen-bond acceptors (Lipinski definition) is 5. The third-order valence-electron chi connectivity index (χ3n) is 4.00. The zero-order valence-electron chi connectivity index (χ0n) is 12.2. The van der Waals surface area contributed by atoms with Crippen molar-refractivity contribution in [2.45, 2.75) is 31.5 Å². The molecule has 3 rings (SSSR count). The minimum Gasteiger partial charge on any atom is -0.454 e. The Bertz CT molecular complexity index is 534. The summed E-state index contributed by atoms with van der Waals surface area (Å²) in [6.45, 7) is 2.93. The van der Waals surface area contributed by atoms with E-state index in [1.54, 1.807) is 7.11 Å². The maximum absolute atomic E-state index is 12.2. The summed E-state index contributed by atoms with van der Waals surface area (Å²) in [4.78, 5) is 12.2. The van der Waals surface area contributed by atoms with Gasteiger partial charge in [0.15, 0.2) is 11.5 Å². The Kier molecular flexibility index (Phi) is 3.98. The number of carbonyl (C=O) groups excluding carboxylic acids is 1. The Balaban J connectivity index is 1.61. The van der Waals surface area contributed by atoms with E-state index in [4.69, 9.17) is 14.2 Å². The highest BCUT2D eigenvalue weighted by Crippen LogP contribution is 2.34. The first kappa shape index (κ1) is 14.2. The lowest BCUT2D eigenvalue weighted by Gasteiger charge is -2.18. The first-order valence-corrected chi connectivity index (χ1v) is 7.13. The normalized spacial score (nSPS) is 24.9. The van der Waals surface area contributed by atoms with Crippen LogP contribution in [0, 0.1) is 0 Å². The van der Waals surface area contributed by atoms with Gasteiger partial charge in [0.1, 0.15) is 0 Å². The number of rotatable bonds is 4. The van der Waals surface area contributed by atoms with Crippen molar-refractivity contribution >= 4 is 5.91 Å². The molecular formula is C15H20N2O4. The summed E-state index contributed by atoms with van der Waals surface area (Å²) >= 11 is 0. The van der Waals surface area contributed by atoms with E-state index in [1.165, 1.54) is 0 Å². The minimum absolute atomic E-state index is 0.000262. The molecule has 3 unspecified atom stereocenters. The van der Waals surface area contributed by atoms with E-state index in [1.807, 2.05) is 25.1 Å². The molecule has 6 heteroatoms. The van der Waals surface area contributed by atoms with E-state index in [9.17, 15) is 4.79 Å². The lowest BCUT2D eigenvalue weighted by Crippen LogP contribution is -2.41. The van der Waals surface area contributed by atoms with Crippen LogP contribution in [-0.4, -0.2) is 38.5 Å². The minimum atomic E-state index is -0.189. The third-order valence-corrected chi connectivity index (χ3v) is 4.00. The molecule has 1 amide bonds. The molecule has 2 heterocycles. The maximum Gasteiger partial charge on any atom is 0.237 e. The number of hydrogen-bond donors (Lipinski definition) is 2. The number of nitrogens with one attached hydrogen (secondary N) is 2. The van der Waals surface area contributed by atoms with Gasteiger partial charge in [0, 0.05) is 13.7 Å². The van der Waals surface area contributed by atoms with Crippen LogP contribution < -0.4 is 20.1 Å². The van der Waals surface area contributed by atoms with Gasteiger partial charge in [-0.05, 0) is 31.0 Å². The van der Waals surface area contributed by atoms with Gasteiger partial charge in [-0.3, -0.25) is 4.79 Å². The highest BCUT2D eigenvalue weighted by molar-refractivity contribution is 5.82. The molecule has 2 N–H and O–H groups in total. The Hall–Kier alpha value is -1.79. The fraction of sp³-hybridized carbons (Fsp3) is 0.533. The first-order valence-electron chi connectivity index (χ1n) is 7.13. The van der Waals surface area contributed by atoms with Crippen molar-refractivity contribution in [1.29, 1.82) is 0 Å². The summed E-state index contributed by atoms with van der Waals surface area (Å²) in [6.07, 6.45) is 0.817. The van der Waals surface area contributed by atoms with E-state index in [2.05, 4.69) is 10.6 Å².